The van der Waals surface area contributed by atoms with E-state index in [-0.39, 0.29) is 6.10 Å². The first-order chi connectivity index (χ1) is 7.40. The highest BCUT2D eigenvalue weighted by atomic mass is 16.3. The minimum atomic E-state index is -0.0794. The fourth-order valence-electron chi connectivity index (χ4n) is 3.23. The molecule has 0 saturated heterocycles. The normalized spacial score (nSPS) is 32.1. The summed E-state index contributed by atoms with van der Waals surface area (Å²) in [6.45, 7) is 13.7. The summed E-state index contributed by atoms with van der Waals surface area (Å²) in [6, 6.07) is 0.568. The van der Waals surface area contributed by atoms with Crippen molar-refractivity contribution in [3.63, 3.8) is 0 Å². The van der Waals surface area contributed by atoms with Crippen LogP contribution in [0.3, 0.4) is 0 Å². The van der Waals surface area contributed by atoms with Gasteiger partial charge in [0.25, 0.3) is 0 Å². The van der Waals surface area contributed by atoms with E-state index >= 15 is 0 Å². The van der Waals surface area contributed by atoms with E-state index in [1.54, 1.807) is 0 Å². The van der Waals surface area contributed by atoms with Crippen LogP contribution in [0.15, 0.2) is 0 Å². The molecular weight excluding hydrogens is 198 g/mol. The molecule has 0 bridgehead atoms. The second kappa shape index (κ2) is 5.50. The highest BCUT2D eigenvalue weighted by molar-refractivity contribution is 4.91. The van der Waals surface area contributed by atoms with E-state index < -0.39 is 0 Å². The molecule has 1 aliphatic rings. The predicted molar refractivity (Wildman–Crippen MR) is 69.5 cm³/mol. The molecule has 0 amide bonds. The third kappa shape index (κ3) is 3.21. The molecule has 0 aromatic heterocycles. The molecule has 1 saturated carbocycles. The Balaban J connectivity index is 2.80. The Morgan fingerprint density at radius 2 is 1.69 bits per heavy atom. The maximum Gasteiger partial charge on any atom is 0.0555 e. The smallest absolute Gasteiger partial charge is 0.0555 e. The second-order valence-electron chi connectivity index (χ2n) is 6.23. The summed E-state index contributed by atoms with van der Waals surface area (Å²) < 4.78 is 0. The minimum absolute atomic E-state index is 0.0794. The van der Waals surface area contributed by atoms with Gasteiger partial charge in [0.2, 0.25) is 0 Å². The van der Waals surface area contributed by atoms with E-state index in [0.29, 0.717) is 11.5 Å². The first kappa shape index (κ1) is 14.0. The van der Waals surface area contributed by atoms with Crippen molar-refractivity contribution in [2.75, 3.05) is 13.1 Å². The van der Waals surface area contributed by atoms with Gasteiger partial charge >= 0.3 is 0 Å². The molecule has 3 atom stereocenters. The van der Waals surface area contributed by atoms with Crippen LogP contribution < -0.4 is 0 Å². The molecule has 1 aliphatic carbocycles. The van der Waals surface area contributed by atoms with E-state index in [0.717, 1.165) is 31.8 Å². The lowest BCUT2D eigenvalue weighted by Gasteiger charge is -2.46. The molecule has 1 fully saturated rings. The summed E-state index contributed by atoms with van der Waals surface area (Å²) in [5.74, 6) is 0.718. The third-order valence-corrected chi connectivity index (χ3v) is 4.18. The largest absolute Gasteiger partial charge is 0.393 e. The number of nitrogens with zero attached hydrogens (tertiary/aromatic N) is 1. The maximum absolute atomic E-state index is 9.88. The lowest BCUT2D eigenvalue weighted by Crippen LogP contribution is -2.49. The minimum Gasteiger partial charge on any atom is -0.393 e. The zero-order chi connectivity index (χ0) is 12.3. The Labute approximate surface area is 101 Å². The monoisotopic (exact) mass is 227 g/mol. The van der Waals surface area contributed by atoms with E-state index in [1.807, 2.05) is 0 Å². The van der Waals surface area contributed by atoms with Gasteiger partial charge in [-0.2, -0.15) is 0 Å². The van der Waals surface area contributed by atoms with Crippen molar-refractivity contribution in [2.24, 2.45) is 11.3 Å². The van der Waals surface area contributed by atoms with Gasteiger partial charge in [-0.1, -0.05) is 34.6 Å². The van der Waals surface area contributed by atoms with Crippen LogP contribution in [0, 0.1) is 11.3 Å². The van der Waals surface area contributed by atoms with Crippen molar-refractivity contribution < 1.29 is 5.11 Å². The van der Waals surface area contributed by atoms with Crippen molar-refractivity contribution in [1.82, 2.24) is 4.90 Å². The van der Waals surface area contributed by atoms with Gasteiger partial charge in [-0.15, -0.1) is 0 Å². The Hall–Kier alpha value is -0.0800. The SMILES string of the molecule is CCN(CC)C1CC(O)CCC1C(C)(C)C. The van der Waals surface area contributed by atoms with Gasteiger partial charge in [0.05, 0.1) is 6.10 Å². The summed E-state index contributed by atoms with van der Waals surface area (Å²) in [7, 11) is 0. The lowest BCUT2D eigenvalue weighted by atomic mass is 9.68. The summed E-state index contributed by atoms with van der Waals surface area (Å²) in [4.78, 5) is 2.53. The number of hydrogen-bond donors (Lipinski definition) is 1. The Kier molecular flexibility index (Phi) is 4.81. The molecule has 3 unspecified atom stereocenters. The van der Waals surface area contributed by atoms with Crippen LogP contribution in [0.1, 0.15) is 53.9 Å². The van der Waals surface area contributed by atoms with Gasteiger partial charge < -0.3 is 10.0 Å². The maximum atomic E-state index is 9.88. The van der Waals surface area contributed by atoms with Crippen molar-refractivity contribution in [2.45, 2.75) is 66.0 Å². The molecule has 0 radical (unpaired) electrons. The number of hydrogen-bond acceptors (Lipinski definition) is 2. The molecule has 2 heteroatoms. The van der Waals surface area contributed by atoms with Gasteiger partial charge in [0, 0.05) is 6.04 Å². The number of rotatable bonds is 3. The topological polar surface area (TPSA) is 23.5 Å². The molecule has 1 N–H and O–H groups in total. The van der Waals surface area contributed by atoms with E-state index in [1.165, 1.54) is 6.42 Å². The van der Waals surface area contributed by atoms with Crippen molar-refractivity contribution in [3.05, 3.63) is 0 Å². The first-order valence-electron chi connectivity index (χ1n) is 6.82. The first-order valence-corrected chi connectivity index (χ1v) is 6.82. The Morgan fingerprint density at radius 3 is 2.12 bits per heavy atom. The molecule has 2 nitrogen and oxygen atoms in total. The number of aliphatic hydroxyl groups excluding tert-OH is 1. The standard InChI is InChI=1S/C14H29NO/c1-6-15(7-2)13-10-11(16)8-9-12(13)14(3,4)5/h11-13,16H,6-10H2,1-5H3. The summed E-state index contributed by atoms with van der Waals surface area (Å²) in [6.07, 6.45) is 3.04. The van der Waals surface area contributed by atoms with Crippen LogP contribution in [-0.4, -0.2) is 35.2 Å². The molecule has 0 aromatic rings. The number of aliphatic hydroxyl groups is 1. The zero-order valence-corrected chi connectivity index (χ0v) is 11.7. The summed E-state index contributed by atoms with van der Waals surface area (Å²) in [5.41, 5.74) is 0.355. The lowest BCUT2D eigenvalue weighted by molar-refractivity contribution is -0.00791. The quantitative estimate of drug-likeness (QED) is 0.801. The second-order valence-corrected chi connectivity index (χ2v) is 6.23. The molecule has 96 valence electrons. The Morgan fingerprint density at radius 1 is 1.12 bits per heavy atom. The highest BCUT2D eigenvalue weighted by Crippen LogP contribution is 2.40. The van der Waals surface area contributed by atoms with Crippen LogP contribution in [0.5, 0.6) is 0 Å². The summed E-state index contributed by atoms with van der Waals surface area (Å²) >= 11 is 0. The van der Waals surface area contributed by atoms with E-state index in [9.17, 15) is 5.11 Å². The molecular formula is C14H29NO. The van der Waals surface area contributed by atoms with Crippen molar-refractivity contribution in [3.8, 4) is 0 Å². The van der Waals surface area contributed by atoms with Crippen molar-refractivity contribution >= 4 is 0 Å². The van der Waals surface area contributed by atoms with Gasteiger partial charge in [-0.05, 0) is 43.7 Å². The molecule has 0 heterocycles. The average molecular weight is 227 g/mol. The zero-order valence-electron chi connectivity index (χ0n) is 11.7. The van der Waals surface area contributed by atoms with Crippen LogP contribution >= 0.6 is 0 Å². The van der Waals surface area contributed by atoms with Gasteiger partial charge in [-0.25, -0.2) is 0 Å². The van der Waals surface area contributed by atoms with Crippen LogP contribution in [0.4, 0.5) is 0 Å². The molecule has 0 aromatic carbocycles. The average Bonchev–Trinajstić information content (AvgIpc) is 2.17. The Bertz CT molecular complexity index is 205. The van der Waals surface area contributed by atoms with Gasteiger partial charge in [0.1, 0.15) is 0 Å². The van der Waals surface area contributed by atoms with E-state index in [2.05, 4.69) is 39.5 Å². The third-order valence-electron chi connectivity index (χ3n) is 4.18. The summed E-state index contributed by atoms with van der Waals surface area (Å²) in [5, 5.41) is 9.88. The molecule has 16 heavy (non-hydrogen) atoms. The van der Waals surface area contributed by atoms with Crippen LogP contribution in [-0.2, 0) is 0 Å². The van der Waals surface area contributed by atoms with Gasteiger partial charge in [-0.3, -0.25) is 0 Å². The highest BCUT2D eigenvalue weighted by Gasteiger charge is 2.38. The van der Waals surface area contributed by atoms with Crippen molar-refractivity contribution in [1.29, 1.82) is 0 Å². The fourth-order valence-corrected chi connectivity index (χ4v) is 3.23. The fraction of sp³-hybridized carbons (Fsp3) is 1.00. The predicted octanol–water partition coefficient (Wildman–Crippen LogP) is 2.90. The van der Waals surface area contributed by atoms with Gasteiger partial charge in [0.15, 0.2) is 0 Å². The van der Waals surface area contributed by atoms with Crippen LogP contribution in [0.25, 0.3) is 0 Å². The molecule has 0 spiro atoms. The van der Waals surface area contributed by atoms with Crippen LogP contribution in [0.2, 0.25) is 0 Å². The molecule has 1 rings (SSSR count). The molecule has 0 aliphatic heterocycles. The van der Waals surface area contributed by atoms with E-state index in [4.69, 9.17) is 0 Å².